The third kappa shape index (κ3) is 12.3. The maximum Gasteiger partial charge on any atom is 0.453 e. The second-order valence-electron chi connectivity index (χ2n) is 7.98. The first kappa shape index (κ1) is 41.3. The Kier molecular flexibility index (Phi) is 14.7. The van der Waals surface area contributed by atoms with Crippen molar-refractivity contribution in [2.45, 2.75) is 70.3 Å². The smallest absolute Gasteiger partial charge is 0.453 e. The average molecular weight is 711 g/mol. The van der Waals surface area contributed by atoms with Crippen molar-refractivity contribution in [3.8, 4) is 11.8 Å². The molecule has 0 unspecified atom stereocenters. The van der Waals surface area contributed by atoms with Gasteiger partial charge in [0.15, 0.2) is 5.69 Å². The fraction of sp³-hybridized carbons (Fsp3) is 0.600. The van der Waals surface area contributed by atoms with Crippen LogP contribution in [0.2, 0.25) is 0 Å². The molecule has 0 fully saturated rings. The first-order valence-corrected chi connectivity index (χ1v) is 11.4. The van der Waals surface area contributed by atoms with Gasteiger partial charge in [-0.2, -0.15) is 71.7 Å². The molecule has 25 heteroatoms. The Morgan fingerprint density at radius 2 is 1.16 bits per heavy atom. The molecule has 0 radical (unpaired) electrons. The quantitative estimate of drug-likeness (QED) is 0.112. The number of carbonyl (C=O) groups is 1. The zero-order valence-corrected chi connectivity index (χ0v) is 22.9. The Balaban J connectivity index is 0.000000845. The summed E-state index contributed by atoms with van der Waals surface area (Å²) < 4.78 is 185. The molecule has 260 valence electrons. The van der Waals surface area contributed by atoms with Gasteiger partial charge in [0.25, 0.3) is 0 Å². The van der Waals surface area contributed by atoms with E-state index in [9.17, 15) is 66.3 Å². The van der Waals surface area contributed by atoms with Crippen molar-refractivity contribution in [1.29, 1.82) is 5.41 Å². The van der Waals surface area contributed by atoms with Crippen LogP contribution in [0.4, 0.5) is 61.5 Å². The summed E-state index contributed by atoms with van der Waals surface area (Å²) in [6.45, 7) is -7.53. The van der Waals surface area contributed by atoms with Crippen molar-refractivity contribution in [3.05, 3.63) is 23.5 Å². The number of alkyl halides is 14. The molecule has 0 saturated carbocycles. The molecule has 2 rings (SSSR count). The van der Waals surface area contributed by atoms with Crippen LogP contribution in [0.15, 0.2) is 12.1 Å². The number of amidine groups is 1. The molecular formula is C20H21ClF14N6O4. The predicted molar refractivity (Wildman–Crippen MR) is 123 cm³/mol. The van der Waals surface area contributed by atoms with Gasteiger partial charge in [0.2, 0.25) is 11.8 Å². The molecule has 2 aromatic rings. The zero-order valence-electron chi connectivity index (χ0n) is 22.0. The Hall–Kier alpha value is -3.73. The molecule has 0 amide bonds. The van der Waals surface area contributed by atoms with Gasteiger partial charge in [-0.3, -0.25) is 5.41 Å². The highest BCUT2D eigenvalue weighted by Crippen LogP contribution is 2.39. The summed E-state index contributed by atoms with van der Waals surface area (Å²) in [6, 6.07) is 1.40. The summed E-state index contributed by atoms with van der Waals surface area (Å²) in [5.41, 5.74) is 4.07. The highest BCUT2D eigenvalue weighted by Gasteiger charge is 2.57. The maximum atomic E-state index is 12.8. The molecule has 0 aromatic carbocycles. The zero-order chi connectivity index (χ0) is 34.3. The third-order valence-corrected chi connectivity index (χ3v) is 4.77. The van der Waals surface area contributed by atoms with Gasteiger partial charge in [-0.25, -0.2) is 14.2 Å². The summed E-state index contributed by atoms with van der Waals surface area (Å²) in [5.74, 6) is -13.4. The van der Waals surface area contributed by atoms with E-state index < -0.39 is 92.6 Å². The molecule has 3 N–H and O–H groups in total. The van der Waals surface area contributed by atoms with Crippen LogP contribution in [0.3, 0.4) is 0 Å². The van der Waals surface area contributed by atoms with Gasteiger partial charge in [-0.15, -0.1) is 12.4 Å². The number of hydrogen-bond acceptors (Lipinski definition) is 7. The number of carbonyl (C=O) groups excluding carboxylic acids is 1. The van der Waals surface area contributed by atoms with Gasteiger partial charge in [0, 0.05) is 25.0 Å². The molecule has 2 aromatic heterocycles. The average Bonchev–Trinajstić information content (AvgIpc) is 3.44. The van der Waals surface area contributed by atoms with Crippen LogP contribution in [-0.4, -0.2) is 75.4 Å². The lowest BCUT2D eigenvalue weighted by Gasteiger charge is -2.19. The minimum absolute atomic E-state index is 0. The fourth-order valence-electron chi connectivity index (χ4n) is 2.70. The van der Waals surface area contributed by atoms with E-state index in [1.807, 2.05) is 0 Å². The summed E-state index contributed by atoms with van der Waals surface area (Å²) in [6.07, 6.45) is -15.1. The number of rotatable bonds is 13. The number of hydrogen-bond donors (Lipinski definition) is 2. The van der Waals surface area contributed by atoms with Crippen molar-refractivity contribution in [3.63, 3.8) is 0 Å². The summed E-state index contributed by atoms with van der Waals surface area (Å²) in [5, 5.41) is 13.7. The van der Waals surface area contributed by atoms with Crippen molar-refractivity contribution in [2.24, 2.45) is 5.73 Å². The number of aryl methyl sites for hydroxylation is 2. The topological polar surface area (TPSA) is 130 Å². The van der Waals surface area contributed by atoms with Crippen LogP contribution >= 0.6 is 12.4 Å². The number of nitrogens with one attached hydrogen (secondary N) is 1. The molecular weight excluding hydrogens is 690 g/mol. The Labute approximate surface area is 248 Å². The van der Waals surface area contributed by atoms with Gasteiger partial charge in [-0.1, -0.05) is 0 Å². The van der Waals surface area contributed by atoms with Crippen LogP contribution in [0.5, 0.6) is 11.8 Å². The largest absolute Gasteiger partial charge is 0.461 e. The Bertz CT molecular complexity index is 1250. The monoisotopic (exact) mass is 710 g/mol. The minimum Gasteiger partial charge on any atom is -0.461 e. The van der Waals surface area contributed by atoms with Crippen LogP contribution in [-0.2, 0) is 17.8 Å². The normalized spacial score (nSPS) is 12.4. The van der Waals surface area contributed by atoms with Crippen LogP contribution in [0.25, 0.3) is 0 Å². The van der Waals surface area contributed by atoms with Crippen molar-refractivity contribution < 1.29 is 80.5 Å². The lowest BCUT2D eigenvalue weighted by molar-refractivity contribution is -0.285. The van der Waals surface area contributed by atoms with Crippen LogP contribution in [0.1, 0.15) is 35.9 Å². The van der Waals surface area contributed by atoms with Crippen molar-refractivity contribution in [1.82, 2.24) is 19.6 Å². The Morgan fingerprint density at radius 3 is 1.47 bits per heavy atom. The molecule has 0 saturated heterocycles. The second kappa shape index (κ2) is 16.0. The van der Waals surface area contributed by atoms with E-state index in [1.54, 1.807) is 0 Å². The van der Waals surface area contributed by atoms with Gasteiger partial charge >= 0.3 is 43.4 Å². The standard InChI is InChI=1S/C11H11F7N2O3.C9H9F7N4O.ClH/c1-2-22-8(21)6-5-7(23-9(12)13)20(19-6)4-3-10(14,15)11(16,17)18;10-7(11)21-5-3-4(6(17)18)19-20(5)2-1-8(12,13)9(14,15)16;/h5,9H,2-4H2,1H3;3,7H,1-2H2,(H3,17,18);1H. The minimum atomic E-state index is -5.80. The SMILES string of the molecule is CCOC(=O)c1cc(OC(F)F)n(CCC(F)(F)C(F)(F)F)n1.Cl.N=C(N)c1cc(OC(F)F)n(CCC(F)(F)C(F)(F)F)n1. The van der Waals surface area contributed by atoms with E-state index in [-0.39, 0.29) is 24.7 Å². The van der Waals surface area contributed by atoms with Crippen LogP contribution < -0.4 is 15.2 Å². The number of nitrogen functional groups attached to an aromatic ring is 1. The number of halogens is 15. The molecule has 0 atom stereocenters. The molecule has 0 bridgehead atoms. The van der Waals surface area contributed by atoms with Gasteiger partial charge in [0.1, 0.15) is 11.5 Å². The van der Waals surface area contributed by atoms with E-state index in [2.05, 4.69) is 24.4 Å². The second-order valence-corrected chi connectivity index (χ2v) is 7.98. The van der Waals surface area contributed by atoms with Crippen molar-refractivity contribution in [2.75, 3.05) is 6.61 Å². The summed E-state index contributed by atoms with van der Waals surface area (Å²) in [4.78, 5) is 11.4. The van der Waals surface area contributed by atoms with E-state index >= 15 is 0 Å². The number of nitrogens with zero attached hydrogens (tertiary/aromatic N) is 4. The number of aromatic nitrogens is 4. The van der Waals surface area contributed by atoms with Crippen LogP contribution in [0, 0.1) is 5.41 Å². The van der Waals surface area contributed by atoms with E-state index in [1.165, 1.54) is 6.92 Å². The van der Waals surface area contributed by atoms with Gasteiger partial charge in [0.05, 0.1) is 19.7 Å². The molecule has 0 aliphatic heterocycles. The number of ether oxygens (including phenoxy) is 3. The maximum absolute atomic E-state index is 12.8. The molecule has 10 nitrogen and oxygen atoms in total. The van der Waals surface area contributed by atoms with Crippen molar-refractivity contribution >= 4 is 24.2 Å². The van der Waals surface area contributed by atoms with Gasteiger partial charge in [-0.05, 0) is 6.92 Å². The molecule has 2 heterocycles. The highest BCUT2D eigenvalue weighted by molar-refractivity contribution is 5.93. The molecule has 0 aliphatic rings. The first-order valence-electron chi connectivity index (χ1n) is 11.4. The van der Waals surface area contributed by atoms with E-state index in [0.29, 0.717) is 15.4 Å². The molecule has 45 heavy (non-hydrogen) atoms. The number of esters is 1. The summed E-state index contributed by atoms with van der Waals surface area (Å²) in [7, 11) is 0. The van der Waals surface area contributed by atoms with E-state index in [0.717, 1.165) is 6.07 Å². The lowest BCUT2D eigenvalue weighted by Crippen LogP contribution is -2.37. The number of nitrogens with two attached hydrogens (primary N) is 1. The first-order chi connectivity index (χ1) is 19.9. The Morgan fingerprint density at radius 1 is 0.800 bits per heavy atom. The van der Waals surface area contributed by atoms with E-state index in [4.69, 9.17) is 11.1 Å². The van der Waals surface area contributed by atoms with Gasteiger partial charge < -0.3 is 19.9 Å². The molecule has 0 spiro atoms. The third-order valence-electron chi connectivity index (χ3n) is 4.77. The lowest BCUT2D eigenvalue weighted by atomic mass is 10.2. The molecule has 0 aliphatic carbocycles. The fourth-order valence-corrected chi connectivity index (χ4v) is 2.70. The highest BCUT2D eigenvalue weighted by atomic mass is 35.5. The summed E-state index contributed by atoms with van der Waals surface area (Å²) >= 11 is 0. The predicted octanol–water partition coefficient (Wildman–Crippen LogP) is 6.03.